The summed E-state index contributed by atoms with van der Waals surface area (Å²) < 4.78 is 0.737. The summed E-state index contributed by atoms with van der Waals surface area (Å²) in [5, 5.41) is 0. The summed E-state index contributed by atoms with van der Waals surface area (Å²) in [5.74, 6) is 0.00872. The normalized spacial score (nSPS) is 10.3. The molecule has 0 atom stereocenters. The first-order valence-electron chi connectivity index (χ1n) is 6.31. The monoisotopic (exact) mass is 305 g/mol. The van der Waals surface area contributed by atoms with Gasteiger partial charge in [0.15, 0.2) is 0 Å². The third-order valence-electron chi connectivity index (χ3n) is 2.91. The van der Waals surface area contributed by atoms with Gasteiger partial charge in [-0.25, -0.2) is 0 Å². The van der Waals surface area contributed by atoms with E-state index < -0.39 is 0 Å². The van der Waals surface area contributed by atoms with Crippen LogP contribution >= 0.6 is 22.9 Å². The Morgan fingerprint density at radius 1 is 1.30 bits per heavy atom. The van der Waals surface area contributed by atoms with Crippen LogP contribution in [0.25, 0.3) is 0 Å². The van der Waals surface area contributed by atoms with E-state index in [4.69, 9.17) is 11.6 Å². The number of thiophene rings is 1. The van der Waals surface area contributed by atoms with Gasteiger partial charge < -0.3 is 4.90 Å². The summed E-state index contributed by atoms with van der Waals surface area (Å²) in [4.78, 5) is 15.3. The van der Waals surface area contributed by atoms with E-state index in [1.165, 1.54) is 11.3 Å². The standard InChI is InChI=1S/C16H16ClNOS/c1-3-10-18(11-14-8-9-15(17)20-14)16(19)13-6-4-12(2)5-7-13/h3-9H,1,10-11H2,2H3. The zero-order valence-corrected chi connectivity index (χ0v) is 12.9. The number of amides is 1. The molecule has 2 aromatic rings. The fourth-order valence-corrected chi connectivity index (χ4v) is 2.98. The van der Waals surface area contributed by atoms with E-state index in [9.17, 15) is 4.79 Å². The summed E-state index contributed by atoms with van der Waals surface area (Å²) in [7, 11) is 0. The van der Waals surface area contributed by atoms with Gasteiger partial charge in [-0.05, 0) is 31.2 Å². The van der Waals surface area contributed by atoms with Crippen LogP contribution in [0, 0.1) is 6.92 Å². The van der Waals surface area contributed by atoms with Gasteiger partial charge >= 0.3 is 0 Å². The number of hydrogen-bond donors (Lipinski definition) is 0. The molecular weight excluding hydrogens is 290 g/mol. The smallest absolute Gasteiger partial charge is 0.254 e. The summed E-state index contributed by atoms with van der Waals surface area (Å²) in [5.41, 5.74) is 1.84. The minimum Gasteiger partial charge on any atom is -0.330 e. The van der Waals surface area contributed by atoms with Crippen molar-refractivity contribution in [2.75, 3.05) is 6.54 Å². The molecule has 0 saturated carbocycles. The molecule has 0 aliphatic rings. The van der Waals surface area contributed by atoms with Crippen molar-refractivity contribution in [2.45, 2.75) is 13.5 Å². The number of aryl methyl sites for hydroxylation is 1. The maximum Gasteiger partial charge on any atom is 0.254 e. The molecule has 104 valence electrons. The fourth-order valence-electron chi connectivity index (χ4n) is 1.88. The van der Waals surface area contributed by atoms with Crippen molar-refractivity contribution in [3.63, 3.8) is 0 Å². The van der Waals surface area contributed by atoms with Crippen molar-refractivity contribution in [2.24, 2.45) is 0 Å². The van der Waals surface area contributed by atoms with Crippen molar-refractivity contribution >= 4 is 28.8 Å². The van der Waals surface area contributed by atoms with E-state index in [0.29, 0.717) is 18.7 Å². The predicted molar refractivity (Wildman–Crippen MR) is 85.4 cm³/mol. The van der Waals surface area contributed by atoms with Crippen LogP contribution in [0.2, 0.25) is 4.34 Å². The molecule has 0 aliphatic heterocycles. The number of carbonyl (C=O) groups is 1. The van der Waals surface area contributed by atoms with Gasteiger partial charge in [-0.2, -0.15) is 0 Å². The molecule has 0 radical (unpaired) electrons. The molecule has 0 fully saturated rings. The number of halogens is 1. The number of hydrogen-bond acceptors (Lipinski definition) is 2. The Morgan fingerprint density at radius 2 is 2.00 bits per heavy atom. The lowest BCUT2D eigenvalue weighted by Gasteiger charge is -2.20. The number of rotatable bonds is 5. The van der Waals surface area contributed by atoms with Crippen molar-refractivity contribution in [1.29, 1.82) is 0 Å². The highest BCUT2D eigenvalue weighted by Crippen LogP contribution is 2.23. The summed E-state index contributed by atoms with van der Waals surface area (Å²) in [6.07, 6.45) is 1.74. The summed E-state index contributed by atoms with van der Waals surface area (Å²) >= 11 is 7.42. The molecule has 0 aliphatic carbocycles. The molecule has 0 bridgehead atoms. The van der Waals surface area contributed by atoms with E-state index in [1.807, 2.05) is 43.3 Å². The quantitative estimate of drug-likeness (QED) is 0.743. The molecule has 1 amide bonds. The molecule has 1 aromatic carbocycles. The largest absolute Gasteiger partial charge is 0.330 e. The predicted octanol–water partition coefficient (Wildman–Crippen LogP) is 4.54. The van der Waals surface area contributed by atoms with Gasteiger partial charge in [0.05, 0.1) is 10.9 Å². The van der Waals surface area contributed by atoms with E-state index in [-0.39, 0.29) is 5.91 Å². The van der Waals surface area contributed by atoms with Crippen LogP contribution in [0.4, 0.5) is 0 Å². The van der Waals surface area contributed by atoms with Gasteiger partial charge in [0.2, 0.25) is 0 Å². The van der Waals surface area contributed by atoms with E-state index in [2.05, 4.69) is 6.58 Å². The lowest BCUT2D eigenvalue weighted by atomic mass is 10.1. The number of carbonyl (C=O) groups excluding carboxylic acids is 1. The van der Waals surface area contributed by atoms with Crippen molar-refractivity contribution < 1.29 is 4.79 Å². The second kappa shape index (κ2) is 6.73. The highest BCUT2D eigenvalue weighted by atomic mass is 35.5. The molecule has 20 heavy (non-hydrogen) atoms. The van der Waals surface area contributed by atoms with Crippen molar-refractivity contribution in [3.8, 4) is 0 Å². The summed E-state index contributed by atoms with van der Waals surface area (Å²) in [6, 6.07) is 11.4. The SMILES string of the molecule is C=CCN(Cc1ccc(Cl)s1)C(=O)c1ccc(C)cc1. The van der Waals surface area contributed by atoms with Gasteiger partial charge in [-0.3, -0.25) is 4.79 Å². The second-order valence-corrected chi connectivity index (χ2v) is 6.35. The average molecular weight is 306 g/mol. The maximum absolute atomic E-state index is 12.5. The van der Waals surface area contributed by atoms with Crippen LogP contribution in [0.1, 0.15) is 20.8 Å². The van der Waals surface area contributed by atoms with Gasteiger partial charge in [-0.1, -0.05) is 35.4 Å². The Hall–Kier alpha value is -1.58. The molecule has 2 nitrogen and oxygen atoms in total. The van der Waals surface area contributed by atoms with E-state index >= 15 is 0 Å². The van der Waals surface area contributed by atoms with Gasteiger partial charge in [0.1, 0.15) is 0 Å². The summed E-state index contributed by atoms with van der Waals surface area (Å²) in [6.45, 7) is 6.79. The third-order valence-corrected chi connectivity index (χ3v) is 4.13. The molecule has 2 rings (SSSR count). The molecule has 0 N–H and O–H groups in total. The molecular formula is C16H16ClNOS. The zero-order chi connectivity index (χ0) is 14.5. The Balaban J connectivity index is 2.17. The van der Waals surface area contributed by atoms with Crippen molar-refractivity contribution in [1.82, 2.24) is 4.90 Å². The van der Waals surface area contributed by atoms with E-state index in [1.54, 1.807) is 11.0 Å². The molecule has 1 aromatic heterocycles. The van der Waals surface area contributed by atoms with Crippen LogP contribution in [-0.2, 0) is 6.54 Å². The van der Waals surface area contributed by atoms with Gasteiger partial charge in [0, 0.05) is 17.0 Å². The maximum atomic E-state index is 12.5. The van der Waals surface area contributed by atoms with Crippen LogP contribution in [0.15, 0.2) is 49.1 Å². The van der Waals surface area contributed by atoms with Gasteiger partial charge in [-0.15, -0.1) is 17.9 Å². The lowest BCUT2D eigenvalue weighted by molar-refractivity contribution is 0.0764. The first kappa shape index (κ1) is 14.8. The Bertz CT molecular complexity index is 603. The van der Waals surface area contributed by atoms with Gasteiger partial charge in [0.25, 0.3) is 5.91 Å². The van der Waals surface area contributed by atoms with Crippen LogP contribution in [0.5, 0.6) is 0 Å². The first-order chi connectivity index (χ1) is 9.60. The second-order valence-electron chi connectivity index (χ2n) is 4.55. The number of benzene rings is 1. The topological polar surface area (TPSA) is 20.3 Å². The Morgan fingerprint density at radius 3 is 2.55 bits per heavy atom. The molecule has 1 heterocycles. The van der Waals surface area contributed by atoms with Crippen LogP contribution in [-0.4, -0.2) is 17.4 Å². The first-order valence-corrected chi connectivity index (χ1v) is 7.50. The highest BCUT2D eigenvalue weighted by Gasteiger charge is 2.15. The number of nitrogens with zero attached hydrogens (tertiary/aromatic N) is 1. The molecule has 0 unspecified atom stereocenters. The van der Waals surface area contributed by atoms with Crippen LogP contribution < -0.4 is 0 Å². The van der Waals surface area contributed by atoms with Crippen molar-refractivity contribution in [3.05, 3.63) is 69.4 Å². The minimum absolute atomic E-state index is 0.00872. The van der Waals surface area contributed by atoms with E-state index in [0.717, 1.165) is 14.8 Å². The molecule has 4 heteroatoms. The fraction of sp³-hybridized carbons (Fsp3) is 0.188. The highest BCUT2D eigenvalue weighted by molar-refractivity contribution is 7.16. The molecule has 0 saturated heterocycles. The minimum atomic E-state index is 0.00872. The Kier molecular flexibility index (Phi) is 4.99. The molecule has 0 spiro atoms. The third kappa shape index (κ3) is 3.71. The lowest BCUT2D eigenvalue weighted by Crippen LogP contribution is -2.30. The zero-order valence-electron chi connectivity index (χ0n) is 11.3. The Labute approximate surface area is 128 Å². The van der Waals surface area contributed by atoms with Crippen LogP contribution in [0.3, 0.4) is 0 Å². The average Bonchev–Trinajstić information content (AvgIpc) is 2.84.